The third-order valence-corrected chi connectivity index (χ3v) is 2.32. The van der Waals surface area contributed by atoms with Gasteiger partial charge in [0.2, 0.25) is 5.69 Å². The van der Waals surface area contributed by atoms with Crippen molar-refractivity contribution < 1.29 is 9.72 Å². The van der Waals surface area contributed by atoms with E-state index in [9.17, 15) is 14.9 Å². The fourth-order valence-corrected chi connectivity index (χ4v) is 1.50. The normalized spacial score (nSPS) is 10.1. The summed E-state index contributed by atoms with van der Waals surface area (Å²) in [7, 11) is 0. The largest absolute Gasteiger partial charge is 0.320 e. The number of anilines is 1. The second-order valence-corrected chi connectivity index (χ2v) is 3.71. The lowest BCUT2D eigenvalue weighted by Gasteiger charge is -2.03. The monoisotopic (exact) mass is 246 g/mol. The van der Waals surface area contributed by atoms with Crippen LogP contribution in [-0.4, -0.2) is 21.0 Å². The van der Waals surface area contributed by atoms with Gasteiger partial charge in [-0.05, 0) is 24.6 Å². The molecule has 2 aromatic rings. The predicted octanol–water partition coefficient (Wildman–Crippen LogP) is 1.88. The second kappa shape index (κ2) is 4.66. The van der Waals surface area contributed by atoms with E-state index < -0.39 is 10.8 Å². The van der Waals surface area contributed by atoms with Crippen molar-refractivity contribution in [1.82, 2.24) is 10.2 Å². The molecule has 2 rings (SSSR count). The average molecular weight is 246 g/mol. The fourth-order valence-electron chi connectivity index (χ4n) is 1.50. The molecule has 0 spiro atoms. The highest BCUT2D eigenvalue weighted by molar-refractivity contribution is 6.05. The van der Waals surface area contributed by atoms with Gasteiger partial charge in [-0.15, -0.1) is 0 Å². The van der Waals surface area contributed by atoms with Gasteiger partial charge in [0, 0.05) is 5.69 Å². The number of nitrogens with one attached hydrogen (secondary N) is 2. The van der Waals surface area contributed by atoms with Gasteiger partial charge in [0.25, 0.3) is 5.91 Å². The Bertz CT molecular complexity index is 606. The molecule has 7 heteroatoms. The van der Waals surface area contributed by atoms with E-state index >= 15 is 0 Å². The molecular formula is C11H10N4O3. The van der Waals surface area contributed by atoms with E-state index in [1.807, 2.05) is 13.0 Å². The van der Waals surface area contributed by atoms with Crippen LogP contribution in [0.25, 0.3) is 0 Å². The summed E-state index contributed by atoms with van der Waals surface area (Å²) in [6.07, 6.45) is 1.01. The molecule has 1 heterocycles. The van der Waals surface area contributed by atoms with Crippen LogP contribution < -0.4 is 5.32 Å². The summed E-state index contributed by atoms with van der Waals surface area (Å²) in [6, 6.07) is 7.13. The third-order valence-electron chi connectivity index (χ3n) is 2.32. The van der Waals surface area contributed by atoms with E-state index in [2.05, 4.69) is 15.5 Å². The Morgan fingerprint density at radius 2 is 2.28 bits per heavy atom. The zero-order valence-corrected chi connectivity index (χ0v) is 9.51. The zero-order valence-electron chi connectivity index (χ0n) is 9.51. The molecule has 0 saturated carbocycles. The molecular weight excluding hydrogens is 236 g/mol. The molecule has 0 aliphatic rings. The van der Waals surface area contributed by atoms with Gasteiger partial charge in [0.15, 0.2) is 0 Å². The van der Waals surface area contributed by atoms with Crippen LogP contribution in [0.1, 0.15) is 16.1 Å². The lowest BCUT2D eigenvalue weighted by Crippen LogP contribution is -2.14. The van der Waals surface area contributed by atoms with Crippen LogP contribution in [0.3, 0.4) is 0 Å². The molecule has 1 aromatic carbocycles. The number of benzene rings is 1. The minimum Gasteiger partial charge on any atom is -0.320 e. The van der Waals surface area contributed by atoms with Crippen LogP contribution in [0.5, 0.6) is 0 Å². The first-order valence-corrected chi connectivity index (χ1v) is 5.13. The average Bonchev–Trinajstić information content (AvgIpc) is 2.77. The van der Waals surface area contributed by atoms with Crippen molar-refractivity contribution >= 4 is 17.3 Å². The maximum atomic E-state index is 11.8. The van der Waals surface area contributed by atoms with Crippen LogP contribution in [0.4, 0.5) is 11.4 Å². The van der Waals surface area contributed by atoms with Crippen molar-refractivity contribution in [2.24, 2.45) is 0 Å². The van der Waals surface area contributed by atoms with Crippen molar-refractivity contribution in [3.63, 3.8) is 0 Å². The number of aryl methyl sites for hydroxylation is 1. The summed E-state index contributed by atoms with van der Waals surface area (Å²) in [4.78, 5) is 21.8. The second-order valence-electron chi connectivity index (χ2n) is 3.71. The molecule has 0 unspecified atom stereocenters. The maximum absolute atomic E-state index is 11.8. The number of rotatable bonds is 3. The smallest absolute Gasteiger partial charge is 0.319 e. The Morgan fingerprint density at radius 1 is 1.50 bits per heavy atom. The molecule has 92 valence electrons. The number of hydrogen-bond acceptors (Lipinski definition) is 4. The molecule has 1 aromatic heterocycles. The van der Waals surface area contributed by atoms with Crippen LogP contribution in [-0.2, 0) is 0 Å². The van der Waals surface area contributed by atoms with E-state index in [1.54, 1.807) is 18.2 Å². The highest BCUT2D eigenvalue weighted by atomic mass is 16.6. The highest BCUT2D eigenvalue weighted by Crippen LogP contribution is 2.17. The molecule has 7 nitrogen and oxygen atoms in total. The van der Waals surface area contributed by atoms with Gasteiger partial charge >= 0.3 is 5.69 Å². The third kappa shape index (κ3) is 2.34. The van der Waals surface area contributed by atoms with E-state index in [1.165, 1.54) is 0 Å². The highest BCUT2D eigenvalue weighted by Gasteiger charge is 2.22. The number of nitro groups is 1. The molecule has 18 heavy (non-hydrogen) atoms. The van der Waals surface area contributed by atoms with E-state index in [-0.39, 0.29) is 11.4 Å². The van der Waals surface area contributed by atoms with Crippen LogP contribution in [0.15, 0.2) is 30.5 Å². The van der Waals surface area contributed by atoms with Crippen molar-refractivity contribution in [1.29, 1.82) is 0 Å². The number of amides is 1. The molecule has 0 aliphatic carbocycles. The first kappa shape index (κ1) is 11.8. The number of carbonyl (C=O) groups excluding carboxylic acids is 1. The van der Waals surface area contributed by atoms with Gasteiger partial charge in [-0.25, -0.2) is 0 Å². The van der Waals surface area contributed by atoms with Crippen LogP contribution >= 0.6 is 0 Å². The van der Waals surface area contributed by atoms with Crippen molar-refractivity contribution in [2.45, 2.75) is 6.92 Å². The Morgan fingerprint density at radius 3 is 2.94 bits per heavy atom. The van der Waals surface area contributed by atoms with Crippen LogP contribution in [0, 0.1) is 17.0 Å². The molecule has 0 atom stereocenters. The first-order chi connectivity index (χ1) is 8.58. The molecule has 0 saturated heterocycles. The summed E-state index contributed by atoms with van der Waals surface area (Å²) in [5.74, 6) is -0.593. The lowest BCUT2D eigenvalue weighted by atomic mass is 10.2. The summed E-state index contributed by atoms with van der Waals surface area (Å²) < 4.78 is 0. The SMILES string of the molecule is Cc1cccc(NC(=O)c2[nH]ncc2[N+](=O)[O-])c1. The van der Waals surface area contributed by atoms with Crippen LogP contribution in [0.2, 0.25) is 0 Å². The Labute approximate surface area is 102 Å². The molecule has 1 amide bonds. The number of carbonyl (C=O) groups is 1. The minimum absolute atomic E-state index is 0.165. The Balaban J connectivity index is 2.22. The standard InChI is InChI=1S/C11H10N4O3/c1-7-3-2-4-8(5-7)13-11(16)10-9(15(17)18)6-12-14-10/h2-6H,1H3,(H,12,14)(H,13,16). The Kier molecular flexibility index (Phi) is 3.05. The molecule has 0 radical (unpaired) electrons. The topological polar surface area (TPSA) is 101 Å². The number of H-pyrrole nitrogens is 1. The van der Waals surface area contributed by atoms with E-state index in [4.69, 9.17) is 0 Å². The van der Waals surface area contributed by atoms with Gasteiger partial charge in [0.1, 0.15) is 6.20 Å². The summed E-state index contributed by atoms with van der Waals surface area (Å²) in [5.41, 5.74) is 1.04. The van der Waals surface area contributed by atoms with E-state index in [0.29, 0.717) is 5.69 Å². The van der Waals surface area contributed by atoms with Gasteiger partial charge in [0.05, 0.1) is 4.92 Å². The quantitative estimate of drug-likeness (QED) is 0.637. The number of nitrogens with zero attached hydrogens (tertiary/aromatic N) is 2. The summed E-state index contributed by atoms with van der Waals surface area (Å²) >= 11 is 0. The van der Waals surface area contributed by atoms with Gasteiger partial charge in [-0.2, -0.15) is 5.10 Å². The Hall–Kier alpha value is -2.70. The van der Waals surface area contributed by atoms with Gasteiger partial charge < -0.3 is 5.32 Å². The molecule has 2 N–H and O–H groups in total. The molecule has 0 aliphatic heterocycles. The lowest BCUT2D eigenvalue weighted by molar-refractivity contribution is -0.385. The van der Waals surface area contributed by atoms with Crippen molar-refractivity contribution in [3.05, 3.63) is 51.8 Å². The van der Waals surface area contributed by atoms with Gasteiger partial charge in [-0.1, -0.05) is 12.1 Å². The first-order valence-electron chi connectivity index (χ1n) is 5.13. The predicted molar refractivity (Wildman–Crippen MR) is 64.4 cm³/mol. The maximum Gasteiger partial charge on any atom is 0.319 e. The zero-order chi connectivity index (χ0) is 13.1. The van der Waals surface area contributed by atoms with E-state index in [0.717, 1.165) is 11.8 Å². The number of aromatic amines is 1. The molecule has 0 bridgehead atoms. The van der Waals surface area contributed by atoms with Crippen molar-refractivity contribution in [3.8, 4) is 0 Å². The number of aromatic nitrogens is 2. The van der Waals surface area contributed by atoms with Crippen molar-refractivity contribution in [2.75, 3.05) is 5.32 Å². The number of hydrogen-bond donors (Lipinski definition) is 2. The summed E-state index contributed by atoms with van der Waals surface area (Å²) in [5, 5.41) is 19.0. The fraction of sp³-hybridized carbons (Fsp3) is 0.0909. The molecule has 0 fully saturated rings. The van der Waals surface area contributed by atoms with Gasteiger partial charge in [-0.3, -0.25) is 20.0 Å². The summed E-state index contributed by atoms with van der Waals surface area (Å²) in [6.45, 7) is 1.88. The minimum atomic E-state index is -0.658.